The molecule has 2 aromatic rings. The van der Waals surface area contributed by atoms with Crippen LogP contribution in [-0.4, -0.2) is 38.9 Å². The van der Waals surface area contributed by atoms with Crippen LogP contribution in [0.3, 0.4) is 0 Å². The minimum Gasteiger partial charge on any atom is -0.490 e. The van der Waals surface area contributed by atoms with Crippen LogP contribution in [0.5, 0.6) is 11.5 Å². The molecule has 0 amide bonds. The molecular formula is C21H29F2N3O4. The van der Waals surface area contributed by atoms with Crippen molar-refractivity contribution in [2.24, 2.45) is 4.99 Å². The van der Waals surface area contributed by atoms with Crippen molar-refractivity contribution in [3.05, 3.63) is 47.9 Å². The predicted octanol–water partition coefficient (Wildman–Crippen LogP) is 3.94. The Hall–Kier alpha value is -2.81. The summed E-state index contributed by atoms with van der Waals surface area (Å²) in [7, 11) is 0. The van der Waals surface area contributed by atoms with Crippen molar-refractivity contribution >= 4 is 5.96 Å². The van der Waals surface area contributed by atoms with E-state index in [2.05, 4.69) is 20.4 Å². The minimum absolute atomic E-state index is 0.0131. The molecule has 0 bridgehead atoms. The van der Waals surface area contributed by atoms with Crippen LogP contribution >= 0.6 is 0 Å². The zero-order valence-electron chi connectivity index (χ0n) is 17.3. The molecule has 30 heavy (non-hydrogen) atoms. The number of hydrogen-bond donors (Lipinski definition) is 2. The maximum Gasteiger partial charge on any atom is 0.387 e. The van der Waals surface area contributed by atoms with E-state index in [0.717, 1.165) is 17.7 Å². The fraction of sp³-hybridized carbons (Fsp3) is 0.476. The van der Waals surface area contributed by atoms with E-state index in [1.807, 2.05) is 19.1 Å². The molecule has 166 valence electrons. The third kappa shape index (κ3) is 8.69. The van der Waals surface area contributed by atoms with E-state index in [0.29, 0.717) is 45.4 Å². The van der Waals surface area contributed by atoms with Gasteiger partial charge in [0.25, 0.3) is 0 Å². The Morgan fingerprint density at radius 3 is 2.73 bits per heavy atom. The lowest BCUT2D eigenvalue weighted by Gasteiger charge is -2.13. The number of rotatable bonds is 13. The Balaban J connectivity index is 1.83. The first-order valence-electron chi connectivity index (χ1n) is 9.95. The summed E-state index contributed by atoms with van der Waals surface area (Å²) in [6, 6.07) is 8.53. The van der Waals surface area contributed by atoms with Gasteiger partial charge in [-0.05, 0) is 50.1 Å². The Morgan fingerprint density at radius 1 is 1.17 bits per heavy atom. The average molecular weight is 425 g/mol. The molecule has 1 aromatic heterocycles. The lowest BCUT2D eigenvalue weighted by atomic mass is 10.2. The first-order chi connectivity index (χ1) is 14.6. The van der Waals surface area contributed by atoms with Gasteiger partial charge in [-0.15, -0.1) is 0 Å². The molecule has 0 aliphatic rings. The molecule has 0 aliphatic carbocycles. The molecule has 7 nitrogen and oxygen atoms in total. The van der Waals surface area contributed by atoms with Gasteiger partial charge in [0.2, 0.25) is 0 Å². The summed E-state index contributed by atoms with van der Waals surface area (Å²) in [4.78, 5) is 4.53. The fourth-order valence-corrected chi connectivity index (χ4v) is 2.57. The molecular weight excluding hydrogens is 396 g/mol. The molecule has 0 spiro atoms. The maximum atomic E-state index is 12.5. The van der Waals surface area contributed by atoms with E-state index >= 15 is 0 Å². The van der Waals surface area contributed by atoms with Gasteiger partial charge in [-0.25, -0.2) is 4.99 Å². The molecule has 0 saturated heterocycles. The number of alkyl halides is 2. The Labute approximate surface area is 175 Å². The Kier molecular flexibility index (Phi) is 10.5. The number of nitrogens with one attached hydrogen (secondary N) is 2. The summed E-state index contributed by atoms with van der Waals surface area (Å²) in [6.07, 6.45) is 2.43. The van der Waals surface area contributed by atoms with Crippen molar-refractivity contribution in [2.75, 3.05) is 26.3 Å². The van der Waals surface area contributed by atoms with Crippen molar-refractivity contribution in [3.8, 4) is 11.5 Å². The smallest absolute Gasteiger partial charge is 0.387 e. The van der Waals surface area contributed by atoms with Crippen LogP contribution in [0.25, 0.3) is 0 Å². The Morgan fingerprint density at radius 2 is 2.03 bits per heavy atom. The van der Waals surface area contributed by atoms with Gasteiger partial charge in [0.15, 0.2) is 17.5 Å². The Bertz CT molecular complexity index is 755. The van der Waals surface area contributed by atoms with Crippen molar-refractivity contribution in [1.82, 2.24) is 10.6 Å². The number of halogens is 2. The van der Waals surface area contributed by atoms with Gasteiger partial charge in [0.05, 0.1) is 19.4 Å². The molecule has 2 rings (SSSR count). The van der Waals surface area contributed by atoms with Crippen molar-refractivity contribution in [2.45, 2.75) is 40.0 Å². The maximum absolute atomic E-state index is 12.5. The van der Waals surface area contributed by atoms with Crippen molar-refractivity contribution in [1.29, 1.82) is 0 Å². The largest absolute Gasteiger partial charge is 0.490 e. The highest BCUT2D eigenvalue weighted by molar-refractivity contribution is 5.79. The minimum atomic E-state index is -2.90. The summed E-state index contributed by atoms with van der Waals surface area (Å²) in [5.74, 6) is 1.75. The van der Waals surface area contributed by atoms with Gasteiger partial charge < -0.3 is 29.3 Å². The molecule has 0 atom stereocenters. The SMILES string of the molecule is CCNC(=NCc1ccc(OC(F)F)c(OCC)c1)NCCCOCc1ccco1. The first-order valence-corrected chi connectivity index (χ1v) is 9.95. The zero-order chi connectivity index (χ0) is 21.6. The fourth-order valence-electron chi connectivity index (χ4n) is 2.57. The van der Waals surface area contributed by atoms with Gasteiger partial charge in [-0.1, -0.05) is 6.07 Å². The van der Waals surface area contributed by atoms with Crippen LogP contribution in [0, 0.1) is 0 Å². The quantitative estimate of drug-likeness (QED) is 0.288. The summed E-state index contributed by atoms with van der Waals surface area (Å²) in [5, 5.41) is 6.41. The number of nitrogens with zero attached hydrogens (tertiary/aromatic N) is 1. The average Bonchev–Trinajstić information content (AvgIpc) is 3.23. The highest BCUT2D eigenvalue weighted by Gasteiger charge is 2.11. The van der Waals surface area contributed by atoms with E-state index < -0.39 is 6.61 Å². The van der Waals surface area contributed by atoms with E-state index in [4.69, 9.17) is 13.9 Å². The van der Waals surface area contributed by atoms with Gasteiger partial charge in [-0.2, -0.15) is 8.78 Å². The number of hydrogen-bond acceptors (Lipinski definition) is 5. The number of ether oxygens (including phenoxy) is 3. The van der Waals surface area contributed by atoms with E-state index in [9.17, 15) is 8.78 Å². The van der Waals surface area contributed by atoms with Gasteiger partial charge in [-0.3, -0.25) is 0 Å². The second-order valence-corrected chi connectivity index (χ2v) is 6.20. The predicted molar refractivity (Wildman–Crippen MR) is 110 cm³/mol. The van der Waals surface area contributed by atoms with Gasteiger partial charge >= 0.3 is 6.61 Å². The van der Waals surface area contributed by atoms with Crippen LogP contribution in [0.1, 0.15) is 31.6 Å². The molecule has 0 fully saturated rings. The highest BCUT2D eigenvalue weighted by Crippen LogP contribution is 2.30. The monoisotopic (exact) mass is 425 g/mol. The number of guanidine groups is 1. The molecule has 9 heteroatoms. The molecule has 1 aromatic carbocycles. The van der Waals surface area contributed by atoms with Crippen LogP contribution in [-0.2, 0) is 17.9 Å². The number of benzene rings is 1. The second-order valence-electron chi connectivity index (χ2n) is 6.20. The third-order valence-corrected chi connectivity index (χ3v) is 3.87. The first kappa shape index (κ1) is 23.5. The molecule has 0 saturated carbocycles. The lowest BCUT2D eigenvalue weighted by Crippen LogP contribution is -2.38. The molecule has 2 N–H and O–H groups in total. The van der Waals surface area contributed by atoms with Crippen molar-refractivity contribution in [3.63, 3.8) is 0 Å². The molecule has 0 aliphatic heterocycles. The second kappa shape index (κ2) is 13.4. The zero-order valence-corrected chi connectivity index (χ0v) is 17.3. The van der Waals surface area contributed by atoms with E-state index in [1.54, 1.807) is 25.3 Å². The van der Waals surface area contributed by atoms with Gasteiger partial charge in [0.1, 0.15) is 12.4 Å². The third-order valence-electron chi connectivity index (χ3n) is 3.87. The molecule has 0 radical (unpaired) electrons. The summed E-state index contributed by atoms with van der Waals surface area (Å²) in [6.45, 7) is 4.01. The summed E-state index contributed by atoms with van der Waals surface area (Å²) in [5.41, 5.74) is 0.819. The van der Waals surface area contributed by atoms with Crippen LogP contribution in [0.15, 0.2) is 46.0 Å². The van der Waals surface area contributed by atoms with Gasteiger partial charge in [0, 0.05) is 19.7 Å². The van der Waals surface area contributed by atoms with Crippen LogP contribution < -0.4 is 20.1 Å². The van der Waals surface area contributed by atoms with Crippen LogP contribution in [0.4, 0.5) is 8.78 Å². The standard InChI is InChI=1S/C21H29F2N3O4/c1-3-24-21(25-10-6-11-27-15-17-7-5-12-29-17)26-14-16-8-9-18(30-20(22)23)19(13-16)28-4-2/h5,7-9,12-13,20H,3-4,6,10-11,14-15H2,1-2H3,(H2,24,25,26). The van der Waals surface area contributed by atoms with Crippen molar-refractivity contribution < 1.29 is 27.4 Å². The normalized spacial score (nSPS) is 11.6. The highest BCUT2D eigenvalue weighted by atomic mass is 19.3. The molecule has 1 heterocycles. The van der Waals surface area contributed by atoms with E-state index in [-0.39, 0.29) is 11.5 Å². The van der Waals surface area contributed by atoms with Crippen LogP contribution in [0.2, 0.25) is 0 Å². The number of aliphatic imine (C=N–C) groups is 1. The van der Waals surface area contributed by atoms with E-state index in [1.165, 1.54) is 6.07 Å². The summed E-state index contributed by atoms with van der Waals surface area (Å²) >= 11 is 0. The summed E-state index contributed by atoms with van der Waals surface area (Å²) < 4.78 is 45.7. The topological polar surface area (TPSA) is 77.3 Å². The number of furan rings is 1. The molecule has 0 unspecified atom stereocenters. The lowest BCUT2D eigenvalue weighted by molar-refractivity contribution is -0.0514.